The smallest absolute Gasteiger partial charge is 0.327 e. The van der Waals surface area contributed by atoms with Gasteiger partial charge in [0.1, 0.15) is 12.1 Å². The number of nitrogens with one attached hydrogen (secondary N) is 1. The van der Waals surface area contributed by atoms with Crippen molar-refractivity contribution in [3.63, 3.8) is 0 Å². The summed E-state index contributed by atoms with van der Waals surface area (Å²) in [7, 11) is 0. The summed E-state index contributed by atoms with van der Waals surface area (Å²) in [5.41, 5.74) is 5.09. The lowest BCUT2D eigenvalue weighted by molar-refractivity contribution is -0.140. The fourth-order valence-electron chi connectivity index (χ4n) is 0.709. The average Bonchev–Trinajstić information content (AvgIpc) is 2.32. The molecule has 0 unspecified atom stereocenters. The number of aliphatic carboxylic acids is 2. The number of carbonyl (C=O) groups excluding carboxylic acids is 2. The van der Waals surface area contributed by atoms with Gasteiger partial charge in [0.15, 0.2) is 5.12 Å². The van der Waals surface area contributed by atoms with Crippen LogP contribution in [0.15, 0.2) is 0 Å². The van der Waals surface area contributed by atoms with Gasteiger partial charge in [-0.25, -0.2) is 4.79 Å². The molecule has 20 heavy (non-hydrogen) atoms. The largest absolute Gasteiger partial charge is 0.480 e. The second-order valence-electron chi connectivity index (χ2n) is 3.52. The van der Waals surface area contributed by atoms with Crippen LogP contribution in [0.4, 0.5) is 0 Å². The van der Waals surface area contributed by atoms with Crippen molar-refractivity contribution >= 4 is 47.4 Å². The molecule has 0 aliphatic carbocycles. The van der Waals surface area contributed by atoms with Crippen molar-refractivity contribution in [1.29, 1.82) is 0 Å². The summed E-state index contributed by atoms with van der Waals surface area (Å²) < 4.78 is 0. The Labute approximate surface area is 125 Å². The van der Waals surface area contributed by atoms with Crippen molar-refractivity contribution in [2.24, 2.45) is 5.73 Å². The highest BCUT2D eigenvalue weighted by Gasteiger charge is 2.15. The van der Waals surface area contributed by atoms with E-state index in [-0.39, 0.29) is 22.5 Å². The minimum atomic E-state index is -1.08. The zero-order valence-corrected chi connectivity index (χ0v) is 12.7. The van der Waals surface area contributed by atoms with E-state index in [0.29, 0.717) is 0 Å². The fraction of sp³-hybridized carbons (Fsp3) is 0.600. The average molecular weight is 326 g/mol. The molecule has 0 heterocycles. The topological polar surface area (TPSA) is 147 Å². The SMILES string of the molecule is CC(=O)N[C@@H](CS)C(=O)O.CC(=O)SC[C@H](N)C(=O)O. The van der Waals surface area contributed by atoms with E-state index in [2.05, 4.69) is 17.9 Å². The van der Waals surface area contributed by atoms with Crippen molar-refractivity contribution in [2.75, 3.05) is 11.5 Å². The Balaban J connectivity index is 0. The molecule has 0 saturated heterocycles. The Morgan fingerprint density at radius 1 is 1.20 bits per heavy atom. The molecular formula is C10H18N2O6S2. The molecule has 8 nitrogen and oxygen atoms in total. The second kappa shape index (κ2) is 11.6. The van der Waals surface area contributed by atoms with Crippen LogP contribution in [0.5, 0.6) is 0 Å². The van der Waals surface area contributed by atoms with E-state index < -0.39 is 24.0 Å². The summed E-state index contributed by atoms with van der Waals surface area (Å²) in [6.45, 7) is 2.64. The fourth-order valence-corrected chi connectivity index (χ4v) is 1.51. The van der Waals surface area contributed by atoms with Gasteiger partial charge in [-0.2, -0.15) is 12.6 Å². The molecule has 0 aromatic carbocycles. The van der Waals surface area contributed by atoms with Crippen molar-refractivity contribution in [2.45, 2.75) is 25.9 Å². The maximum Gasteiger partial charge on any atom is 0.327 e. The number of thiol groups is 1. The summed E-state index contributed by atoms with van der Waals surface area (Å²) >= 11 is 4.66. The Bertz CT molecular complexity index is 364. The van der Waals surface area contributed by atoms with Gasteiger partial charge in [0.2, 0.25) is 5.91 Å². The maximum atomic E-state index is 10.3. The normalized spacial score (nSPS) is 12.4. The van der Waals surface area contributed by atoms with Gasteiger partial charge < -0.3 is 21.3 Å². The molecule has 10 heteroatoms. The first-order valence-electron chi connectivity index (χ1n) is 5.34. The zero-order chi connectivity index (χ0) is 16.3. The van der Waals surface area contributed by atoms with Crippen LogP contribution in [-0.4, -0.2) is 56.8 Å². The van der Waals surface area contributed by atoms with E-state index in [0.717, 1.165) is 11.8 Å². The highest BCUT2D eigenvalue weighted by atomic mass is 32.2. The lowest BCUT2D eigenvalue weighted by Crippen LogP contribution is -2.40. The Morgan fingerprint density at radius 3 is 1.90 bits per heavy atom. The van der Waals surface area contributed by atoms with E-state index >= 15 is 0 Å². The highest BCUT2D eigenvalue weighted by Crippen LogP contribution is 2.01. The number of thioether (sulfide) groups is 1. The third-order valence-electron chi connectivity index (χ3n) is 1.64. The highest BCUT2D eigenvalue weighted by molar-refractivity contribution is 8.13. The van der Waals surface area contributed by atoms with Crippen LogP contribution in [0.25, 0.3) is 0 Å². The van der Waals surface area contributed by atoms with Gasteiger partial charge >= 0.3 is 11.9 Å². The van der Waals surface area contributed by atoms with Crippen LogP contribution in [0, 0.1) is 0 Å². The van der Waals surface area contributed by atoms with Gasteiger partial charge in [0, 0.05) is 25.4 Å². The van der Waals surface area contributed by atoms with E-state index in [1.54, 1.807) is 0 Å². The number of nitrogens with two attached hydrogens (primary N) is 1. The molecule has 5 N–H and O–H groups in total. The molecule has 2 atom stereocenters. The minimum absolute atomic E-state index is 0.106. The molecule has 0 rings (SSSR count). The van der Waals surface area contributed by atoms with E-state index in [4.69, 9.17) is 15.9 Å². The molecule has 116 valence electrons. The zero-order valence-electron chi connectivity index (χ0n) is 11.0. The molecule has 0 aliphatic heterocycles. The van der Waals surface area contributed by atoms with Gasteiger partial charge in [-0.1, -0.05) is 11.8 Å². The molecule has 0 fully saturated rings. The van der Waals surface area contributed by atoms with Gasteiger partial charge in [-0.15, -0.1) is 0 Å². The van der Waals surface area contributed by atoms with Gasteiger partial charge in [-0.05, 0) is 0 Å². The minimum Gasteiger partial charge on any atom is -0.480 e. The second-order valence-corrected chi connectivity index (χ2v) is 5.08. The Morgan fingerprint density at radius 2 is 1.70 bits per heavy atom. The van der Waals surface area contributed by atoms with Crippen LogP contribution < -0.4 is 11.1 Å². The van der Waals surface area contributed by atoms with Crippen LogP contribution >= 0.6 is 24.4 Å². The Kier molecular flexibility index (Phi) is 12.2. The number of carboxylic acid groups (broad SMARTS) is 2. The van der Waals surface area contributed by atoms with Gasteiger partial charge in [0.25, 0.3) is 0 Å². The molecule has 0 aromatic heterocycles. The van der Waals surface area contributed by atoms with Crippen LogP contribution in [-0.2, 0) is 19.2 Å². The van der Waals surface area contributed by atoms with E-state index in [1.807, 2.05) is 0 Å². The molecule has 0 aromatic rings. The lowest BCUT2D eigenvalue weighted by atomic mass is 10.3. The first-order chi connectivity index (χ1) is 9.11. The summed E-state index contributed by atoms with van der Waals surface area (Å²) in [5, 5.41) is 18.7. The van der Waals surface area contributed by atoms with Crippen molar-refractivity contribution in [3.8, 4) is 0 Å². The quantitative estimate of drug-likeness (QED) is 0.398. The molecular weight excluding hydrogens is 308 g/mol. The standard InChI is InChI=1S/2C5H9NO3S/c1-3(7)10-2-4(6)5(8)9;1-3(7)6-4(2-10)5(8)9/h4H,2,6H2,1H3,(H,8,9);4,10H,2H2,1H3,(H,6,7)(H,8,9)/t2*4-/m00/s1. The molecule has 0 bridgehead atoms. The summed E-state index contributed by atoms with van der Waals surface area (Å²) in [6.07, 6.45) is 0. The van der Waals surface area contributed by atoms with E-state index in [9.17, 15) is 19.2 Å². The number of carbonyl (C=O) groups is 4. The summed E-state index contributed by atoms with van der Waals surface area (Å²) in [6, 6.07) is -1.81. The van der Waals surface area contributed by atoms with Gasteiger partial charge in [0.05, 0.1) is 0 Å². The van der Waals surface area contributed by atoms with Crippen LogP contribution in [0.1, 0.15) is 13.8 Å². The molecule has 0 spiro atoms. The maximum absolute atomic E-state index is 10.3. The molecule has 1 amide bonds. The van der Waals surface area contributed by atoms with Crippen molar-refractivity contribution in [1.82, 2.24) is 5.32 Å². The summed E-state index contributed by atoms with van der Waals surface area (Å²) in [4.78, 5) is 40.9. The number of amides is 1. The van der Waals surface area contributed by atoms with Gasteiger partial charge in [-0.3, -0.25) is 14.4 Å². The Hall–Kier alpha value is -1.26. The van der Waals surface area contributed by atoms with Crippen molar-refractivity contribution < 1.29 is 29.4 Å². The number of hydrogen-bond acceptors (Lipinski definition) is 7. The molecule has 0 radical (unpaired) electrons. The third-order valence-corrected chi connectivity index (χ3v) is 2.94. The summed E-state index contributed by atoms with van der Waals surface area (Å²) in [5.74, 6) is -2.25. The van der Waals surface area contributed by atoms with E-state index in [1.165, 1.54) is 13.8 Å². The van der Waals surface area contributed by atoms with Crippen molar-refractivity contribution in [3.05, 3.63) is 0 Å². The van der Waals surface area contributed by atoms with Crippen LogP contribution in [0.2, 0.25) is 0 Å². The number of hydrogen-bond donors (Lipinski definition) is 5. The number of carboxylic acids is 2. The molecule has 0 aliphatic rings. The number of rotatable bonds is 6. The van der Waals surface area contributed by atoms with Crippen LogP contribution in [0.3, 0.4) is 0 Å². The third kappa shape index (κ3) is 13.2. The predicted molar refractivity (Wildman–Crippen MR) is 77.8 cm³/mol. The predicted octanol–water partition coefficient (Wildman–Crippen LogP) is -0.816. The first-order valence-corrected chi connectivity index (χ1v) is 6.96. The lowest BCUT2D eigenvalue weighted by Gasteiger charge is -2.08. The first kappa shape index (κ1) is 21.0. The molecule has 0 saturated carbocycles. The monoisotopic (exact) mass is 326 g/mol.